The molecule has 0 aromatic heterocycles. The maximum absolute atomic E-state index is 12.4. The molecule has 2 amide bonds. The topological polar surface area (TPSA) is 67.9 Å². The van der Waals surface area contributed by atoms with E-state index in [1.165, 1.54) is 21.1 Å². The highest BCUT2D eigenvalue weighted by Crippen LogP contribution is 2.22. The minimum Gasteiger partial charge on any atom is -0.497 e. The zero-order valence-electron chi connectivity index (χ0n) is 16.2. The Labute approximate surface area is 160 Å². The molecule has 2 rings (SSSR count). The molecule has 2 aromatic rings. The molecule has 0 spiro atoms. The maximum atomic E-state index is 12.4. The fraction of sp³-hybridized carbons (Fsp3) is 0.333. The molecule has 0 saturated carbocycles. The van der Waals surface area contributed by atoms with Crippen molar-refractivity contribution in [3.8, 4) is 11.5 Å². The van der Waals surface area contributed by atoms with Gasteiger partial charge in [-0.15, -0.1) is 0 Å². The van der Waals surface area contributed by atoms with Crippen LogP contribution in [0.2, 0.25) is 0 Å². The molecule has 0 radical (unpaired) electrons. The van der Waals surface area contributed by atoms with Crippen molar-refractivity contribution in [2.24, 2.45) is 0 Å². The summed E-state index contributed by atoms with van der Waals surface area (Å²) in [6.07, 6.45) is 0. The number of hydrogen-bond acceptors (Lipinski definition) is 4. The summed E-state index contributed by atoms with van der Waals surface area (Å²) in [4.78, 5) is 26.0. The second-order valence-corrected chi connectivity index (χ2v) is 6.29. The number of carbonyl (C=O) groups is 2. The molecule has 0 aliphatic heterocycles. The van der Waals surface area contributed by atoms with Crippen molar-refractivity contribution in [3.63, 3.8) is 0 Å². The van der Waals surface area contributed by atoms with Crippen molar-refractivity contribution < 1.29 is 19.1 Å². The van der Waals surface area contributed by atoms with Gasteiger partial charge in [0.25, 0.3) is 5.91 Å². The normalized spacial score (nSPS) is 10.2. The molecule has 0 unspecified atom stereocenters. The molecule has 6 heteroatoms. The fourth-order valence-corrected chi connectivity index (χ4v) is 2.72. The van der Waals surface area contributed by atoms with E-state index in [2.05, 4.69) is 11.4 Å². The average Bonchev–Trinajstić information content (AvgIpc) is 2.66. The highest BCUT2D eigenvalue weighted by Gasteiger charge is 2.12. The number of nitrogens with zero attached hydrogens (tertiary/aromatic N) is 1. The third-order valence-electron chi connectivity index (χ3n) is 4.18. The zero-order chi connectivity index (χ0) is 19.8. The van der Waals surface area contributed by atoms with Crippen molar-refractivity contribution in [2.45, 2.75) is 20.4 Å². The number of benzene rings is 2. The summed E-state index contributed by atoms with van der Waals surface area (Å²) in [6, 6.07) is 13.0. The van der Waals surface area contributed by atoms with E-state index in [9.17, 15) is 9.59 Å². The van der Waals surface area contributed by atoms with Gasteiger partial charge in [-0.25, -0.2) is 0 Å². The molecule has 0 aliphatic rings. The van der Waals surface area contributed by atoms with Gasteiger partial charge in [0.2, 0.25) is 5.91 Å². The predicted octanol–water partition coefficient (Wildman–Crippen LogP) is 2.79. The van der Waals surface area contributed by atoms with Crippen LogP contribution in [-0.2, 0) is 11.3 Å². The van der Waals surface area contributed by atoms with Gasteiger partial charge >= 0.3 is 0 Å². The molecule has 2 aromatic carbocycles. The van der Waals surface area contributed by atoms with Crippen LogP contribution in [0.4, 0.5) is 0 Å². The smallest absolute Gasteiger partial charge is 0.251 e. The van der Waals surface area contributed by atoms with Crippen molar-refractivity contribution in [1.82, 2.24) is 10.2 Å². The van der Waals surface area contributed by atoms with E-state index < -0.39 is 0 Å². The minimum absolute atomic E-state index is 0.0335. The standard InChI is InChI=1S/C21H26N2O4/c1-15-6-5-7-17(10-15)14-23(16(2)24)9-8-22-21(25)18-11-19(26-3)13-20(12-18)27-4/h5-7,10-13H,8-9,14H2,1-4H3,(H,22,25). The first-order chi connectivity index (χ1) is 12.9. The molecule has 144 valence electrons. The molecule has 0 saturated heterocycles. The molecular weight excluding hydrogens is 344 g/mol. The highest BCUT2D eigenvalue weighted by atomic mass is 16.5. The summed E-state index contributed by atoms with van der Waals surface area (Å²) in [6.45, 7) is 4.84. The third-order valence-corrected chi connectivity index (χ3v) is 4.18. The van der Waals surface area contributed by atoms with Crippen LogP contribution in [-0.4, -0.2) is 44.0 Å². The molecular formula is C21H26N2O4. The Hall–Kier alpha value is -3.02. The fourth-order valence-electron chi connectivity index (χ4n) is 2.72. The van der Waals surface area contributed by atoms with E-state index in [1.807, 2.05) is 25.1 Å². The molecule has 0 atom stereocenters. The summed E-state index contributed by atoms with van der Waals surface area (Å²) < 4.78 is 10.4. The van der Waals surface area contributed by atoms with Crippen molar-refractivity contribution >= 4 is 11.8 Å². The Kier molecular flexibility index (Phi) is 7.23. The number of amides is 2. The number of carbonyl (C=O) groups excluding carboxylic acids is 2. The van der Waals surface area contributed by atoms with E-state index >= 15 is 0 Å². The molecule has 0 bridgehead atoms. The molecule has 1 N–H and O–H groups in total. The monoisotopic (exact) mass is 370 g/mol. The number of hydrogen-bond donors (Lipinski definition) is 1. The van der Waals surface area contributed by atoms with Crippen LogP contribution in [0.15, 0.2) is 42.5 Å². The molecule has 6 nitrogen and oxygen atoms in total. The lowest BCUT2D eigenvalue weighted by molar-refractivity contribution is -0.129. The van der Waals surface area contributed by atoms with Crippen LogP contribution >= 0.6 is 0 Å². The van der Waals surface area contributed by atoms with Crippen LogP contribution in [0.25, 0.3) is 0 Å². The quantitative estimate of drug-likeness (QED) is 0.776. The lowest BCUT2D eigenvalue weighted by atomic mass is 10.1. The first-order valence-corrected chi connectivity index (χ1v) is 8.75. The van der Waals surface area contributed by atoms with Gasteiger partial charge in [-0.1, -0.05) is 29.8 Å². The van der Waals surface area contributed by atoms with E-state index in [4.69, 9.17) is 9.47 Å². The molecule has 0 aliphatic carbocycles. The van der Waals surface area contributed by atoms with Crippen LogP contribution in [0.3, 0.4) is 0 Å². The number of rotatable bonds is 8. The summed E-state index contributed by atoms with van der Waals surface area (Å²) in [5.74, 6) is 0.814. The van der Waals surface area contributed by atoms with Gasteiger partial charge in [-0.2, -0.15) is 0 Å². The molecule has 0 heterocycles. The van der Waals surface area contributed by atoms with Gasteiger partial charge in [0.1, 0.15) is 11.5 Å². The summed E-state index contributed by atoms with van der Waals surface area (Å²) in [5.41, 5.74) is 2.66. The number of aryl methyl sites for hydroxylation is 1. The Bertz CT molecular complexity index is 782. The van der Waals surface area contributed by atoms with Crippen molar-refractivity contribution in [1.29, 1.82) is 0 Å². The lowest BCUT2D eigenvalue weighted by Crippen LogP contribution is -2.37. The van der Waals surface area contributed by atoms with E-state index in [1.54, 1.807) is 23.1 Å². The Morgan fingerprint density at radius 2 is 1.70 bits per heavy atom. The summed E-state index contributed by atoms with van der Waals surface area (Å²) >= 11 is 0. The summed E-state index contributed by atoms with van der Waals surface area (Å²) in [5, 5.41) is 2.84. The Morgan fingerprint density at radius 3 is 2.26 bits per heavy atom. The van der Waals surface area contributed by atoms with Crippen LogP contribution < -0.4 is 14.8 Å². The number of ether oxygens (including phenoxy) is 2. The number of methoxy groups -OCH3 is 2. The average molecular weight is 370 g/mol. The second kappa shape index (κ2) is 9.62. The lowest BCUT2D eigenvalue weighted by Gasteiger charge is -2.21. The number of nitrogens with one attached hydrogen (secondary N) is 1. The SMILES string of the molecule is COc1cc(OC)cc(C(=O)NCCN(Cc2cccc(C)c2)C(C)=O)c1. The first-order valence-electron chi connectivity index (χ1n) is 8.75. The van der Waals surface area contributed by atoms with Crippen LogP contribution in [0, 0.1) is 6.92 Å². The minimum atomic E-state index is -0.244. The van der Waals surface area contributed by atoms with Gasteiger partial charge < -0.3 is 19.7 Å². The van der Waals surface area contributed by atoms with Gasteiger partial charge in [-0.05, 0) is 24.6 Å². The van der Waals surface area contributed by atoms with Gasteiger partial charge in [0, 0.05) is 38.2 Å². The van der Waals surface area contributed by atoms with Crippen LogP contribution in [0.1, 0.15) is 28.4 Å². The van der Waals surface area contributed by atoms with E-state index in [0.717, 1.165) is 11.1 Å². The molecule has 0 fully saturated rings. The Balaban J connectivity index is 1.96. The zero-order valence-corrected chi connectivity index (χ0v) is 16.2. The van der Waals surface area contributed by atoms with E-state index in [-0.39, 0.29) is 11.8 Å². The van der Waals surface area contributed by atoms with Crippen molar-refractivity contribution in [3.05, 3.63) is 59.2 Å². The highest BCUT2D eigenvalue weighted by molar-refractivity contribution is 5.95. The first kappa shape index (κ1) is 20.3. The largest absolute Gasteiger partial charge is 0.497 e. The van der Waals surface area contributed by atoms with Gasteiger partial charge in [0.15, 0.2) is 0 Å². The van der Waals surface area contributed by atoms with Crippen LogP contribution in [0.5, 0.6) is 11.5 Å². The third kappa shape index (κ3) is 6.02. The Morgan fingerprint density at radius 1 is 1.04 bits per heavy atom. The van der Waals surface area contributed by atoms with E-state index in [0.29, 0.717) is 36.7 Å². The summed E-state index contributed by atoms with van der Waals surface area (Å²) in [7, 11) is 3.07. The molecule has 27 heavy (non-hydrogen) atoms. The second-order valence-electron chi connectivity index (χ2n) is 6.29. The predicted molar refractivity (Wildman–Crippen MR) is 104 cm³/mol. The van der Waals surface area contributed by atoms with Crippen molar-refractivity contribution in [2.75, 3.05) is 27.3 Å². The van der Waals surface area contributed by atoms with Gasteiger partial charge in [0.05, 0.1) is 14.2 Å². The van der Waals surface area contributed by atoms with Gasteiger partial charge in [-0.3, -0.25) is 9.59 Å². The maximum Gasteiger partial charge on any atom is 0.251 e.